The van der Waals surface area contributed by atoms with Crippen molar-refractivity contribution in [1.29, 1.82) is 0 Å². The average Bonchev–Trinajstić information content (AvgIpc) is 3.32. The molecule has 1 amide bonds. The molecule has 0 radical (unpaired) electrons. The van der Waals surface area contributed by atoms with E-state index in [2.05, 4.69) is 35.5 Å². The summed E-state index contributed by atoms with van der Waals surface area (Å²) in [4.78, 5) is 18.5. The second-order valence-corrected chi connectivity index (χ2v) is 8.45. The summed E-state index contributed by atoms with van der Waals surface area (Å²) in [5.41, 5.74) is 1.06. The second-order valence-electron chi connectivity index (χ2n) is 8.45. The van der Waals surface area contributed by atoms with Gasteiger partial charge in [0.25, 0.3) is 0 Å². The van der Waals surface area contributed by atoms with Crippen LogP contribution < -0.4 is 20.1 Å². The summed E-state index contributed by atoms with van der Waals surface area (Å²) in [5.74, 6) is 2.62. The monoisotopic (exact) mass is 516 g/mol. The number of nitrogens with zero attached hydrogens (tertiary/aromatic N) is 2. The van der Waals surface area contributed by atoms with Crippen LogP contribution in [0.4, 0.5) is 0 Å². The number of halogens is 1. The number of likely N-dealkylation sites (tertiary alicyclic amines) is 1. The first-order valence-electron chi connectivity index (χ1n) is 9.96. The van der Waals surface area contributed by atoms with Crippen molar-refractivity contribution in [3.8, 4) is 11.5 Å². The summed E-state index contributed by atoms with van der Waals surface area (Å²) in [7, 11) is 1.77. The highest BCUT2D eigenvalue weighted by Crippen LogP contribution is 2.36. The lowest BCUT2D eigenvalue weighted by Gasteiger charge is -2.28. The summed E-state index contributed by atoms with van der Waals surface area (Å²) in [6.07, 6.45) is 0.935. The standard InChI is InChI=1S/C21H32N4O3.HI/c1-14(2)19(26)25-9-8-16(11-25)24-20(22-5)23-12-21(3,4)15-6-7-17-18(10-15)28-13-27-17;/h6-7,10,14,16H,8-9,11-13H2,1-5H3,(H2,22,23,24);1H. The Bertz CT molecular complexity index is 751. The molecule has 29 heavy (non-hydrogen) atoms. The van der Waals surface area contributed by atoms with E-state index < -0.39 is 0 Å². The maximum atomic E-state index is 12.2. The highest BCUT2D eigenvalue weighted by Gasteiger charge is 2.29. The van der Waals surface area contributed by atoms with Crippen LogP contribution in [0, 0.1) is 5.92 Å². The number of rotatable bonds is 5. The van der Waals surface area contributed by atoms with E-state index in [-0.39, 0.29) is 54.1 Å². The number of fused-ring (bicyclic) bond motifs is 1. The van der Waals surface area contributed by atoms with Crippen molar-refractivity contribution in [2.45, 2.75) is 45.6 Å². The summed E-state index contributed by atoms with van der Waals surface area (Å²) in [6.45, 7) is 10.8. The molecule has 0 aromatic heterocycles. The van der Waals surface area contributed by atoms with Crippen LogP contribution in [0.2, 0.25) is 0 Å². The highest BCUT2D eigenvalue weighted by atomic mass is 127. The van der Waals surface area contributed by atoms with Gasteiger partial charge in [-0.3, -0.25) is 9.79 Å². The van der Waals surface area contributed by atoms with E-state index in [1.165, 1.54) is 5.56 Å². The van der Waals surface area contributed by atoms with Gasteiger partial charge in [-0.15, -0.1) is 24.0 Å². The van der Waals surface area contributed by atoms with Crippen LogP contribution in [0.3, 0.4) is 0 Å². The lowest BCUT2D eigenvalue weighted by Crippen LogP contribution is -2.48. The molecule has 2 aliphatic heterocycles. The number of nitrogens with one attached hydrogen (secondary N) is 2. The molecule has 1 saturated heterocycles. The third kappa shape index (κ3) is 5.67. The van der Waals surface area contributed by atoms with Gasteiger partial charge in [-0.05, 0) is 24.1 Å². The van der Waals surface area contributed by atoms with Crippen LogP contribution in [-0.2, 0) is 10.2 Å². The van der Waals surface area contributed by atoms with Crippen LogP contribution >= 0.6 is 24.0 Å². The van der Waals surface area contributed by atoms with Crippen LogP contribution in [-0.4, -0.2) is 56.3 Å². The maximum Gasteiger partial charge on any atom is 0.231 e. The van der Waals surface area contributed by atoms with Crippen molar-refractivity contribution < 1.29 is 14.3 Å². The first kappa shape index (κ1) is 23.6. The number of carbonyl (C=O) groups excluding carboxylic acids is 1. The van der Waals surface area contributed by atoms with Crippen molar-refractivity contribution in [2.75, 3.05) is 33.5 Å². The first-order chi connectivity index (χ1) is 13.3. The Kier molecular flexibility index (Phi) is 8.02. The van der Waals surface area contributed by atoms with Gasteiger partial charge >= 0.3 is 0 Å². The topological polar surface area (TPSA) is 75.2 Å². The predicted molar refractivity (Wildman–Crippen MR) is 125 cm³/mol. The molecule has 7 nitrogen and oxygen atoms in total. The molecule has 3 rings (SSSR count). The molecule has 1 atom stereocenters. The molecule has 0 aliphatic carbocycles. The zero-order valence-corrected chi connectivity index (χ0v) is 20.3. The Morgan fingerprint density at radius 2 is 2.03 bits per heavy atom. The molecular weight excluding hydrogens is 483 g/mol. The highest BCUT2D eigenvalue weighted by molar-refractivity contribution is 14.0. The minimum Gasteiger partial charge on any atom is -0.454 e. The Balaban J connectivity index is 0.00000300. The number of amides is 1. The number of hydrogen-bond acceptors (Lipinski definition) is 4. The smallest absolute Gasteiger partial charge is 0.231 e. The average molecular weight is 516 g/mol. The number of guanidine groups is 1. The molecular formula is C21H33IN4O3. The summed E-state index contributed by atoms with van der Waals surface area (Å²) >= 11 is 0. The fourth-order valence-electron chi connectivity index (χ4n) is 3.56. The van der Waals surface area contributed by atoms with Gasteiger partial charge in [0.2, 0.25) is 12.7 Å². The van der Waals surface area contributed by atoms with Crippen molar-refractivity contribution in [2.24, 2.45) is 10.9 Å². The van der Waals surface area contributed by atoms with Gasteiger partial charge < -0.3 is 25.0 Å². The molecule has 0 saturated carbocycles. The molecule has 162 valence electrons. The zero-order chi connectivity index (χ0) is 20.3. The van der Waals surface area contributed by atoms with Crippen LogP contribution in [0.25, 0.3) is 0 Å². The van der Waals surface area contributed by atoms with Gasteiger partial charge in [0, 0.05) is 44.1 Å². The SMILES string of the molecule is CN=C(NCC(C)(C)c1ccc2c(c1)OCO2)NC1CCN(C(=O)C(C)C)C1.I. The number of carbonyl (C=O) groups is 1. The van der Waals surface area contributed by atoms with Gasteiger partial charge in [-0.25, -0.2) is 0 Å². The van der Waals surface area contributed by atoms with Crippen LogP contribution in [0.5, 0.6) is 11.5 Å². The number of aliphatic imine (C=N–C) groups is 1. The lowest BCUT2D eigenvalue weighted by atomic mass is 9.84. The minimum atomic E-state index is -0.117. The van der Waals surface area contributed by atoms with Crippen molar-refractivity contribution in [3.63, 3.8) is 0 Å². The number of hydrogen-bond donors (Lipinski definition) is 2. The summed E-state index contributed by atoms with van der Waals surface area (Å²) < 4.78 is 10.9. The van der Waals surface area contributed by atoms with Gasteiger partial charge in [0.15, 0.2) is 17.5 Å². The molecule has 2 heterocycles. The van der Waals surface area contributed by atoms with Crippen molar-refractivity contribution >= 4 is 35.8 Å². The second kappa shape index (κ2) is 9.86. The molecule has 0 spiro atoms. The van der Waals surface area contributed by atoms with Gasteiger partial charge in [0.05, 0.1) is 0 Å². The Morgan fingerprint density at radius 3 is 2.72 bits per heavy atom. The number of benzene rings is 1. The molecule has 1 unspecified atom stereocenters. The molecule has 2 N–H and O–H groups in total. The summed E-state index contributed by atoms with van der Waals surface area (Å²) in [6, 6.07) is 6.32. The minimum absolute atomic E-state index is 0. The van der Waals surface area contributed by atoms with E-state index in [1.807, 2.05) is 30.9 Å². The molecule has 0 bridgehead atoms. The maximum absolute atomic E-state index is 12.2. The first-order valence-corrected chi connectivity index (χ1v) is 9.96. The third-order valence-electron chi connectivity index (χ3n) is 5.41. The van der Waals surface area contributed by atoms with Gasteiger partial charge in [-0.1, -0.05) is 33.8 Å². The Labute approximate surface area is 190 Å². The Morgan fingerprint density at radius 1 is 1.31 bits per heavy atom. The van der Waals surface area contributed by atoms with E-state index in [0.717, 1.165) is 37.0 Å². The van der Waals surface area contributed by atoms with E-state index in [4.69, 9.17) is 9.47 Å². The predicted octanol–water partition coefficient (Wildman–Crippen LogP) is 2.73. The molecule has 1 aromatic carbocycles. The fraction of sp³-hybridized carbons (Fsp3) is 0.619. The fourth-order valence-corrected chi connectivity index (χ4v) is 3.56. The van der Waals surface area contributed by atoms with E-state index in [9.17, 15) is 4.79 Å². The van der Waals surface area contributed by atoms with E-state index in [0.29, 0.717) is 6.54 Å². The summed E-state index contributed by atoms with van der Waals surface area (Å²) in [5, 5.41) is 6.89. The zero-order valence-electron chi connectivity index (χ0n) is 17.9. The largest absolute Gasteiger partial charge is 0.454 e. The van der Waals surface area contributed by atoms with Crippen molar-refractivity contribution in [1.82, 2.24) is 15.5 Å². The van der Waals surface area contributed by atoms with Gasteiger partial charge in [0.1, 0.15) is 0 Å². The van der Waals surface area contributed by atoms with E-state index in [1.54, 1.807) is 7.05 Å². The van der Waals surface area contributed by atoms with Crippen LogP contribution in [0.15, 0.2) is 23.2 Å². The Hall–Kier alpha value is -1.71. The lowest BCUT2D eigenvalue weighted by molar-refractivity contribution is -0.133. The number of ether oxygens (including phenoxy) is 2. The third-order valence-corrected chi connectivity index (χ3v) is 5.41. The van der Waals surface area contributed by atoms with Crippen LogP contribution in [0.1, 0.15) is 39.7 Å². The molecule has 1 aromatic rings. The van der Waals surface area contributed by atoms with Gasteiger partial charge in [-0.2, -0.15) is 0 Å². The molecule has 2 aliphatic rings. The van der Waals surface area contributed by atoms with E-state index >= 15 is 0 Å². The normalized spacial score (nSPS) is 18.6. The van der Waals surface area contributed by atoms with Crippen molar-refractivity contribution in [3.05, 3.63) is 23.8 Å². The quantitative estimate of drug-likeness (QED) is 0.358. The molecule has 8 heteroatoms. The molecule has 1 fully saturated rings.